The van der Waals surface area contributed by atoms with E-state index in [4.69, 9.17) is 10.5 Å². The molecule has 0 aliphatic carbocycles. The Hall–Kier alpha value is -1.42. The fourth-order valence-corrected chi connectivity index (χ4v) is 2.13. The van der Waals surface area contributed by atoms with Gasteiger partial charge in [-0.15, -0.1) is 0 Å². The van der Waals surface area contributed by atoms with Gasteiger partial charge in [-0.3, -0.25) is 0 Å². The number of ether oxygens (including phenoxy) is 1. The van der Waals surface area contributed by atoms with E-state index in [9.17, 15) is 0 Å². The quantitative estimate of drug-likeness (QED) is 0.710. The third kappa shape index (κ3) is 4.63. The van der Waals surface area contributed by atoms with Crippen LogP contribution in [0.15, 0.2) is 18.2 Å². The molecule has 0 heterocycles. The fraction of sp³-hybridized carbons (Fsp3) is 0.600. The SMILES string of the molecule is CCOc1cccc(NC(C)CN(CC)CC)c1N. The van der Waals surface area contributed by atoms with Gasteiger partial charge in [-0.25, -0.2) is 0 Å². The van der Waals surface area contributed by atoms with Gasteiger partial charge in [0.2, 0.25) is 0 Å². The number of nitrogens with zero attached hydrogens (tertiary/aromatic N) is 1. The van der Waals surface area contributed by atoms with E-state index in [1.165, 1.54) is 0 Å². The Balaban J connectivity index is 2.68. The molecule has 19 heavy (non-hydrogen) atoms. The van der Waals surface area contributed by atoms with Gasteiger partial charge in [0, 0.05) is 12.6 Å². The molecule has 0 aromatic heterocycles. The number of hydrogen-bond acceptors (Lipinski definition) is 4. The van der Waals surface area contributed by atoms with E-state index in [1.807, 2.05) is 25.1 Å². The van der Waals surface area contributed by atoms with Gasteiger partial charge < -0.3 is 20.7 Å². The monoisotopic (exact) mass is 265 g/mol. The van der Waals surface area contributed by atoms with Crippen LogP contribution in [0.5, 0.6) is 5.75 Å². The molecule has 1 rings (SSSR count). The van der Waals surface area contributed by atoms with E-state index in [-0.39, 0.29) is 0 Å². The molecule has 0 saturated carbocycles. The van der Waals surface area contributed by atoms with Crippen molar-refractivity contribution in [3.8, 4) is 5.75 Å². The minimum absolute atomic E-state index is 0.346. The summed E-state index contributed by atoms with van der Waals surface area (Å²) in [5, 5.41) is 3.46. The van der Waals surface area contributed by atoms with Crippen molar-refractivity contribution in [2.24, 2.45) is 0 Å². The van der Waals surface area contributed by atoms with E-state index in [1.54, 1.807) is 0 Å². The molecule has 1 atom stereocenters. The Labute approximate surface area is 116 Å². The molecular weight excluding hydrogens is 238 g/mol. The molecule has 4 heteroatoms. The fourth-order valence-electron chi connectivity index (χ4n) is 2.13. The number of nitrogens with two attached hydrogens (primary N) is 1. The number of nitrogens with one attached hydrogen (secondary N) is 1. The van der Waals surface area contributed by atoms with E-state index in [2.05, 4.69) is 31.0 Å². The number of rotatable bonds is 8. The molecule has 0 amide bonds. The van der Waals surface area contributed by atoms with Gasteiger partial charge in [0.25, 0.3) is 0 Å². The first-order valence-corrected chi connectivity index (χ1v) is 7.12. The predicted octanol–water partition coefficient (Wildman–Crippen LogP) is 2.81. The first kappa shape index (κ1) is 15.6. The van der Waals surface area contributed by atoms with Crippen molar-refractivity contribution in [1.29, 1.82) is 0 Å². The maximum absolute atomic E-state index is 6.11. The number of anilines is 2. The van der Waals surface area contributed by atoms with Crippen molar-refractivity contribution in [1.82, 2.24) is 4.90 Å². The first-order valence-electron chi connectivity index (χ1n) is 7.12. The Morgan fingerprint density at radius 1 is 1.26 bits per heavy atom. The number of hydrogen-bond donors (Lipinski definition) is 2. The minimum Gasteiger partial charge on any atom is -0.492 e. The third-order valence-electron chi connectivity index (χ3n) is 3.19. The van der Waals surface area contributed by atoms with E-state index in [0.717, 1.165) is 31.1 Å². The van der Waals surface area contributed by atoms with Gasteiger partial charge in [-0.05, 0) is 39.1 Å². The largest absolute Gasteiger partial charge is 0.492 e. The molecule has 0 bridgehead atoms. The second-order valence-corrected chi connectivity index (χ2v) is 4.68. The maximum Gasteiger partial charge on any atom is 0.144 e. The van der Waals surface area contributed by atoms with E-state index < -0.39 is 0 Å². The van der Waals surface area contributed by atoms with E-state index in [0.29, 0.717) is 18.3 Å². The van der Waals surface area contributed by atoms with Crippen molar-refractivity contribution in [2.75, 3.05) is 37.3 Å². The molecule has 0 spiro atoms. The predicted molar refractivity (Wildman–Crippen MR) is 82.9 cm³/mol. The number of likely N-dealkylation sites (N-methyl/N-ethyl adjacent to an activating group) is 1. The highest BCUT2D eigenvalue weighted by molar-refractivity contribution is 5.73. The third-order valence-corrected chi connectivity index (χ3v) is 3.19. The summed E-state index contributed by atoms with van der Waals surface area (Å²) in [4.78, 5) is 2.39. The molecule has 0 aliphatic heterocycles. The molecule has 3 N–H and O–H groups in total. The molecule has 1 aromatic rings. The Morgan fingerprint density at radius 2 is 1.95 bits per heavy atom. The summed E-state index contributed by atoms with van der Waals surface area (Å²) in [5.74, 6) is 0.752. The first-order chi connectivity index (χ1) is 9.12. The molecule has 0 radical (unpaired) electrons. The zero-order chi connectivity index (χ0) is 14.3. The summed E-state index contributed by atoms with van der Waals surface area (Å²) in [6.07, 6.45) is 0. The van der Waals surface area contributed by atoms with Crippen LogP contribution in [-0.2, 0) is 0 Å². The van der Waals surface area contributed by atoms with Crippen LogP contribution in [-0.4, -0.2) is 37.2 Å². The summed E-state index contributed by atoms with van der Waals surface area (Å²) in [6, 6.07) is 6.21. The lowest BCUT2D eigenvalue weighted by Gasteiger charge is -2.25. The van der Waals surface area contributed by atoms with Gasteiger partial charge in [0.15, 0.2) is 0 Å². The summed E-state index contributed by atoms with van der Waals surface area (Å²) in [7, 11) is 0. The molecule has 0 aliphatic rings. The summed E-state index contributed by atoms with van der Waals surface area (Å²) in [5.41, 5.74) is 7.75. The van der Waals surface area contributed by atoms with Gasteiger partial charge in [0.05, 0.1) is 18.0 Å². The van der Waals surface area contributed by atoms with Gasteiger partial charge >= 0.3 is 0 Å². The van der Waals surface area contributed by atoms with Crippen LogP contribution in [0.1, 0.15) is 27.7 Å². The summed E-state index contributed by atoms with van der Waals surface area (Å²) >= 11 is 0. The van der Waals surface area contributed by atoms with Crippen LogP contribution in [0.4, 0.5) is 11.4 Å². The number of benzene rings is 1. The second kappa shape index (κ2) is 7.89. The second-order valence-electron chi connectivity index (χ2n) is 4.68. The Kier molecular flexibility index (Phi) is 6.50. The molecule has 108 valence electrons. The normalized spacial score (nSPS) is 12.5. The van der Waals surface area contributed by atoms with Crippen molar-refractivity contribution >= 4 is 11.4 Å². The maximum atomic E-state index is 6.11. The molecular formula is C15H27N3O. The summed E-state index contributed by atoms with van der Waals surface area (Å²) in [6.45, 7) is 12.3. The standard InChI is InChI=1S/C15H27N3O/c1-5-18(6-2)11-12(4)17-13-9-8-10-14(15(13)16)19-7-3/h8-10,12,17H,5-7,11,16H2,1-4H3. The van der Waals surface area contributed by atoms with Crippen LogP contribution in [0, 0.1) is 0 Å². The van der Waals surface area contributed by atoms with Gasteiger partial charge in [0.1, 0.15) is 5.75 Å². The topological polar surface area (TPSA) is 50.5 Å². The van der Waals surface area contributed by atoms with Gasteiger partial charge in [-0.2, -0.15) is 0 Å². The summed E-state index contributed by atoms with van der Waals surface area (Å²) < 4.78 is 5.51. The molecule has 4 nitrogen and oxygen atoms in total. The highest BCUT2D eigenvalue weighted by Gasteiger charge is 2.10. The van der Waals surface area contributed by atoms with E-state index >= 15 is 0 Å². The zero-order valence-corrected chi connectivity index (χ0v) is 12.6. The van der Waals surface area contributed by atoms with Crippen LogP contribution >= 0.6 is 0 Å². The smallest absolute Gasteiger partial charge is 0.144 e. The zero-order valence-electron chi connectivity index (χ0n) is 12.6. The lowest BCUT2D eigenvalue weighted by atomic mass is 10.2. The molecule has 1 aromatic carbocycles. The van der Waals surface area contributed by atoms with Crippen molar-refractivity contribution in [2.45, 2.75) is 33.7 Å². The van der Waals surface area contributed by atoms with Crippen LogP contribution in [0.2, 0.25) is 0 Å². The minimum atomic E-state index is 0.346. The lowest BCUT2D eigenvalue weighted by Crippen LogP contribution is -2.34. The van der Waals surface area contributed by atoms with Crippen molar-refractivity contribution < 1.29 is 4.74 Å². The van der Waals surface area contributed by atoms with Crippen molar-refractivity contribution in [3.05, 3.63) is 18.2 Å². The van der Waals surface area contributed by atoms with Gasteiger partial charge in [-0.1, -0.05) is 19.9 Å². The Bertz CT molecular complexity index is 378. The highest BCUT2D eigenvalue weighted by Crippen LogP contribution is 2.29. The molecule has 0 saturated heterocycles. The average molecular weight is 265 g/mol. The van der Waals surface area contributed by atoms with Crippen LogP contribution in [0.25, 0.3) is 0 Å². The highest BCUT2D eigenvalue weighted by atomic mass is 16.5. The lowest BCUT2D eigenvalue weighted by molar-refractivity contribution is 0.295. The molecule has 0 fully saturated rings. The Morgan fingerprint density at radius 3 is 2.53 bits per heavy atom. The number of nitrogen functional groups attached to an aromatic ring is 1. The van der Waals surface area contributed by atoms with Crippen molar-refractivity contribution in [3.63, 3.8) is 0 Å². The number of para-hydroxylation sites is 1. The molecule has 1 unspecified atom stereocenters. The van der Waals surface area contributed by atoms with Crippen LogP contribution in [0.3, 0.4) is 0 Å². The average Bonchev–Trinajstić information content (AvgIpc) is 2.41. The van der Waals surface area contributed by atoms with Crippen LogP contribution < -0.4 is 15.8 Å².